The van der Waals surface area contributed by atoms with E-state index in [0.717, 1.165) is 23.8 Å². The van der Waals surface area contributed by atoms with E-state index in [-0.39, 0.29) is 11.7 Å². The molecule has 1 amide bonds. The van der Waals surface area contributed by atoms with Crippen LogP contribution in [0, 0.1) is 0 Å². The first kappa shape index (κ1) is 22.5. The Balaban J connectivity index is 1.82. The van der Waals surface area contributed by atoms with Crippen LogP contribution < -0.4 is 11.0 Å². The first-order valence-corrected chi connectivity index (χ1v) is 9.99. The second-order valence-electron chi connectivity index (χ2n) is 7.15. The van der Waals surface area contributed by atoms with Gasteiger partial charge in [0, 0.05) is 12.6 Å². The number of hydrogen-bond donors (Lipinski definition) is 4. The second kappa shape index (κ2) is 11.3. The van der Waals surface area contributed by atoms with Crippen molar-refractivity contribution in [2.45, 2.75) is 82.8 Å². The maximum absolute atomic E-state index is 12.2. The van der Waals surface area contributed by atoms with Crippen LogP contribution in [0.5, 0.6) is 0 Å². The van der Waals surface area contributed by atoms with Crippen molar-refractivity contribution in [2.75, 3.05) is 11.9 Å². The fourth-order valence-electron chi connectivity index (χ4n) is 3.23. The van der Waals surface area contributed by atoms with Gasteiger partial charge in [-0.3, -0.25) is 9.36 Å². The number of nitrogens with one attached hydrogen (secondary N) is 1. The van der Waals surface area contributed by atoms with E-state index in [0.29, 0.717) is 6.42 Å². The molecule has 28 heavy (non-hydrogen) atoms. The van der Waals surface area contributed by atoms with Gasteiger partial charge in [0.25, 0.3) is 0 Å². The lowest BCUT2D eigenvalue weighted by Gasteiger charge is -2.17. The highest BCUT2D eigenvalue weighted by Gasteiger charge is 2.43. The van der Waals surface area contributed by atoms with Crippen LogP contribution in [0.2, 0.25) is 0 Å². The highest BCUT2D eigenvalue weighted by Crippen LogP contribution is 2.28. The van der Waals surface area contributed by atoms with E-state index in [4.69, 9.17) is 9.84 Å². The lowest BCUT2D eigenvalue weighted by atomic mass is 10.1. The number of anilines is 1. The van der Waals surface area contributed by atoms with Gasteiger partial charge in [-0.1, -0.05) is 45.4 Å². The van der Waals surface area contributed by atoms with Gasteiger partial charge in [0.1, 0.15) is 24.1 Å². The number of carbonyl (C=O) groups excluding carboxylic acids is 1. The Hall–Kier alpha value is -1.81. The van der Waals surface area contributed by atoms with Crippen molar-refractivity contribution in [2.24, 2.45) is 0 Å². The minimum Gasteiger partial charge on any atom is -0.394 e. The highest BCUT2D eigenvalue weighted by atomic mass is 16.6. The highest BCUT2D eigenvalue weighted by molar-refractivity contribution is 5.89. The SMILES string of the molecule is CCCCCCCCCC(=O)Nc1ccn([C@@H]2O[C@H](CO)[C@H](O)[C@@H]2O)c(=O)n1. The predicted octanol–water partition coefficient (Wildman–Crippen LogP) is 0.934. The van der Waals surface area contributed by atoms with Crippen LogP contribution in [0.15, 0.2) is 17.1 Å². The molecule has 4 atom stereocenters. The molecule has 1 aromatic heterocycles. The molecule has 1 aliphatic rings. The van der Waals surface area contributed by atoms with E-state index in [1.54, 1.807) is 0 Å². The number of ether oxygens (including phenoxy) is 1. The maximum Gasteiger partial charge on any atom is 0.351 e. The van der Waals surface area contributed by atoms with E-state index in [9.17, 15) is 19.8 Å². The molecule has 1 saturated heterocycles. The van der Waals surface area contributed by atoms with E-state index >= 15 is 0 Å². The normalized spacial score (nSPS) is 24.4. The summed E-state index contributed by atoms with van der Waals surface area (Å²) in [5.41, 5.74) is -0.733. The summed E-state index contributed by atoms with van der Waals surface area (Å²) in [6, 6.07) is 1.43. The van der Waals surface area contributed by atoms with Crippen LogP contribution in [-0.2, 0) is 9.53 Å². The summed E-state index contributed by atoms with van der Waals surface area (Å²) in [6.45, 7) is 1.69. The number of aromatic nitrogens is 2. The van der Waals surface area contributed by atoms with Crippen LogP contribution in [0.1, 0.15) is 64.5 Å². The number of rotatable bonds is 11. The zero-order chi connectivity index (χ0) is 20.5. The molecule has 0 bridgehead atoms. The molecular weight excluding hydrogens is 366 g/mol. The van der Waals surface area contributed by atoms with E-state index in [1.807, 2.05) is 0 Å². The molecular formula is C19H31N3O6. The third kappa shape index (κ3) is 6.10. The quantitative estimate of drug-likeness (QED) is 0.408. The van der Waals surface area contributed by atoms with Gasteiger partial charge in [-0.25, -0.2) is 4.79 Å². The third-order valence-corrected chi connectivity index (χ3v) is 4.90. The first-order valence-electron chi connectivity index (χ1n) is 9.99. The Kier molecular flexibility index (Phi) is 9.04. The molecule has 9 heteroatoms. The average molecular weight is 397 g/mol. The van der Waals surface area contributed by atoms with Crippen molar-refractivity contribution in [1.82, 2.24) is 9.55 Å². The molecule has 0 spiro atoms. The number of aliphatic hydroxyl groups is 3. The summed E-state index contributed by atoms with van der Waals surface area (Å²) < 4.78 is 6.33. The van der Waals surface area contributed by atoms with Crippen LogP contribution >= 0.6 is 0 Å². The molecule has 0 unspecified atom stereocenters. The lowest BCUT2D eigenvalue weighted by molar-refractivity contribution is -0.116. The number of aliphatic hydroxyl groups excluding tert-OH is 3. The Morgan fingerprint density at radius 1 is 1.18 bits per heavy atom. The molecule has 0 saturated carbocycles. The Morgan fingerprint density at radius 3 is 2.46 bits per heavy atom. The molecule has 1 fully saturated rings. The van der Waals surface area contributed by atoms with Crippen molar-refractivity contribution < 1.29 is 24.9 Å². The molecule has 4 N–H and O–H groups in total. The summed E-state index contributed by atoms with van der Waals surface area (Å²) in [6.07, 6.45) is 4.70. The van der Waals surface area contributed by atoms with E-state index in [1.165, 1.54) is 37.9 Å². The van der Waals surface area contributed by atoms with Gasteiger partial charge in [-0.15, -0.1) is 0 Å². The van der Waals surface area contributed by atoms with E-state index in [2.05, 4.69) is 17.2 Å². The predicted molar refractivity (Wildman–Crippen MR) is 103 cm³/mol. The molecule has 2 rings (SSSR count). The van der Waals surface area contributed by atoms with Gasteiger partial charge in [0.05, 0.1) is 6.61 Å². The number of nitrogens with zero attached hydrogens (tertiary/aromatic N) is 2. The molecule has 0 aromatic carbocycles. The number of hydrogen-bond acceptors (Lipinski definition) is 7. The van der Waals surface area contributed by atoms with Crippen LogP contribution in [0.25, 0.3) is 0 Å². The van der Waals surface area contributed by atoms with Crippen molar-refractivity contribution in [1.29, 1.82) is 0 Å². The van der Waals surface area contributed by atoms with Crippen LogP contribution in [0.4, 0.5) is 5.82 Å². The van der Waals surface area contributed by atoms with Gasteiger partial charge < -0.3 is 25.4 Å². The Bertz CT molecular complexity index is 680. The molecule has 1 aromatic rings. The van der Waals surface area contributed by atoms with Gasteiger partial charge in [-0.05, 0) is 12.5 Å². The monoisotopic (exact) mass is 397 g/mol. The smallest absolute Gasteiger partial charge is 0.351 e. The van der Waals surface area contributed by atoms with Crippen LogP contribution in [-0.4, -0.2) is 55.7 Å². The fourth-order valence-corrected chi connectivity index (χ4v) is 3.23. The standard InChI is InChI=1S/C19H31N3O6/c1-2-3-4-5-6-7-8-9-15(24)20-14-10-11-22(19(27)21-14)18-17(26)16(25)13(12-23)28-18/h10-11,13,16-18,23,25-26H,2-9,12H2,1H3,(H,20,21,24,27)/t13-,16+,17+,18-/m1/s1. The molecule has 158 valence electrons. The topological polar surface area (TPSA) is 134 Å². The largest absolute Gasteiger partial charge is 0.394 e. The molecule has 2 heterocycles. The van der Waals surface area contributed by atoms with Crippen molar-refractivity contribution >= 4 is 11.7 Å². The summed E-state index contributed by atoms with van der Waals surface area (Å²) in [5.74, 6) is -0.0768. The molecule has 0 radical (unpaired) electrons. The van der Waals surface area contributed by atoms with Gasteiger partial charge >= 0.3 is 5.69 Å². The minimum atomic E-state index is -1.37. The van der Waals surface area contributed by atoms with Crippen molar-refractivity contribution in [3.05, 3.63) is 22.7 Å². The summed E-state index contributed by atoms with van der Waals surface area (Å²) in [5, 5.41) is 31.5. The zero-order valence-corrected chi connectivity index (χ0v) is 16.3. The first-order chi connectivity index (χ1) is 13.5. The number of amides is 1. The molecule has 9 nitrogen and oxygen atoms in total. The minimum absolute atomic E-state index is 0.126. The summed E-state index contributed by atoms with van der Waals surface area (Å²) in [7, 11) is 0. The lowest BCUT2D eigenvalue weighted by Crippen LogP contribution is -2.36. The Labute approximate surface area is 164 Å². The average Bonchev–Trinajstić information content (AvgIpc) is 2.95. The third-order valence-electron chi connectivity index (χ3n) is 4.90. The van der Waals surface area contributed by atoms with E-state index < -0.39 is 36.8 Å². The van der Waals surface area contributed by atoms with Crippen molar-refractivity contribution in [3.63, 3.8) is 0 Å². The summed E-state index contributed by atoms with van der Waals surface area (Å²) in [4.78, 5) is 28.0. The second-order valence-corrected chi connectivity index (χ2v) is 7.15. The zero-order valence-electron chi connectivity index (χ0n) is 16.3. The van der Waals surface area contributed by atoms with Crippen LogP contribution in [0.3, 0.4) is 0 Å². The number of carbonyl (C=O) groups is 1. The summed E-state index contributed by atoms with van der Waals surface area (Å²) >= 11 is 0. The van der Waals surface area contributed by atoms with Gasteiger partial charge in [0.2, 0.25) is 5.91 Å². The molecule has 1 aliphatic heterocycles. The van der Waals surface area contributed by atoms with Gasteiger partial charge in [-0.2, -0.15) is 4.98 Å². The van der Waals surface area contributed by atoms with Gasteiger partial charge in [0.15, 0.2) is 6.23 Å². The maximum atomic E-state index is 12.2. The Morgan fingerprint density at radius 2 is 1.86 bits per heavy atom. The van der Waals surface area contributed by atoms with Crippen molar-refractivity contribution in [3.8, 4) is 0 Å². The molecule has 0 aliphatic carbocycles. The number of unbranched alkanes of at least 4 members (excludes halogenated alkanes) is 6. The fraction of sp³-hybridized carbons (Fsp3) is 0.737.